The van der Waals surface area contributed by atoms with E-state index >= 15 is 0 Å². The van der Waals surface area contributed by atoms with E-state index in [1.54, 1.807) is 23.1 Å². The summed E-state index contributed by atoms with van der Waals surface area (Å²) in [7, 11) is 0. The van der Waals surface area contributed by atoms with Crippen molar-refractivity contribution in [3.05, 3.63) is 88.4 Å². The number of amides is 1. The van der Waals surface area contributed by atoms with Crippen LogP contribution in [0.5, 0.6) is 5.75 Å². The molecule has 7 heteroatoms. The molecular weight excluding hydrogens is 427 g/mol. The molecule has 29 heavy (non-hydrogen) atoms. The average Bonchev–Trinajstić information content (AvgIpc) is 3.16. The van der Waals surface area contributed by atoms with Gasteiger partial charge in [-0.2, -0.15) is 0 Å². The number of aromatic nitrogens is 1. The van der Waals surface area contributed by atoms with Crippen molar-refractivity contribution >= 4 is 55.8 Å². The number of carbonyl (C=O) groups excluding carboxylic acids is 1. The molecule has 4 nitrogen and oxygen atoms in total. The number of nitrogens with zero attached hydrogens (tertiary/aromatic N) is 2. The maximum absolute atomic E-state index is 13.1. The van der Waals surface area contributed by atoms with E-state index in [9.17, 15) is 4.79 Å². The van der Waals surface area contributed by atoms with Gasteiger partial charge in [0.25, 0.3) is 5.91 Å². The first-order chi connectivity index (χ1) is 14.1. The molecule has 4 aromatic rings. The molecule has 0 spiro atoms. The van der Waals surface area contributed by atoms with Gasteiger partial charge in [-0.15, -0.1) is 0 Å². The van der Waals surface area contributed by atoms with Crippen LogP contribution < -0.4 is 9.64 Å². The first kappa shape index (κ1) is 19.7. The second-order valence-corrected chi connectivity index (χ2v) is 8.15. The van der Waals surface area contributed by atoms with E-state index < -0.39 is 0 Å². The minimum atomic E-state index is -0.209. The van der Waals surface area contributed by atoms with Crippen molar-refractivity contribution in [2.24, 2.45) is 0 Å². The number of hydrogen-bond acceptors (Lipinski definition) is 4. The quantitative estimate of drug-likeness (QED) is 0.356. The summed E-state index contributed by atoms with van der Waals surface area (Å²) in [6.45, 7) is 0.237. The molecule has 1 amide bonds. The van der Waals surface area contributed by atoms with Gasteiger partial charge < -0.3 is 4.74 Å². The van der Waals surface area contributed by atoms with Gasteiger partial charge in [-0.3, -0.25) is 9.69 Å². The monoisotopic (exact) mass is 442 g/mol. The first-order valence-electron chi connectivity index (χ1n) is 8.88. The maximum atomic E-state index is 13.1. The highest BCUT2D eigenvalue weighted by Crippen LogP contribution is 2.31. The number of hydrogen-bond donors (Lipinski definition) is 0. The predicted molar refractivity (Wildman–Crippen MR) is 119 cm³/mol. The minimum Gasteiger partial charge on any atom is -0.482 e. The van der Waals surface area contributed by atoms with Crippen molar-refractivity contribution in [2.75, 3.05) is 11.5 Å². The van der Waals surface area contributed by atoms with Crippen LogP contribution in [0.2, 0.25) is 10.0 Å². The average molecular weight is 443 g/mol. The topological polar surface area (TPSA) is 42.4 Å². The molecule has 4 rings (SSSR count). The molecule has 0 aliphatic carbocycles. The van der Waals surface area contributed by atoms with E-state index in [0.717, 1.165) is 15.8 Å². The maximum Gasteiger partial charge on any atom is 0.267 e. The Hall–Kier alpha value is -2.60. The van der Waals surface area contributed by atoms with Crippen LogP contribution in [0.3, 0.4) is 0 Å². The summed E-state index contributed by atoms with van der Waals surface area (Å²) in [6, 6.07) is 22.5. The normalized spacial score (nSPS) is 10.8. The number of carbonyl (C=O) groups is 1. The molecule has 0 N–H and O–H groups in total. The third-order valence-electron chi connectivity index (χ3n) is 4.24. The molecule has 1 aromatic heterocycles. The molecule has 0 aliphatic rings. The van der Waals surface area contributed by atoms with Gasteiger partial charge in [-0.25, -0.2) is 4.98 Å². The zero-order valence-electron chi connectivity index (χ0n) is 15.2. The zero-order valence-corrected chi connectivity index (χ0v) is 17.5. The summed E-state index contributed by atoms with van der Waals surface area (Å²) in [5, 5.41) is 1.50. The highest BCUT2D eigenvalue weighted by atomic mass is 35.5. The Morgan fingerprint density at radius 3 is 2.52 bits per heavy atom. The van der Waals surface area contributed by atoms with E-state index in [0.29, 0.717) is 27.5 Å². The smallest absolute Gasteiger partial charge is 0.267 e. The summed E-state index contributed by atoms with van der Waals surface area (Å²) < 4.78 is 6.69. The SMILES string of the molecule is O=C(COc1ccc(Cl)cc1Cl)N(Cc1ccccc1)c1nc2ccccc2s1. The molecule has 0 fully saturated rings. The van der Waals surface area contributed by atoms with Crippen molar-refractivity contribution in [3.8, 4) is 5.75 Å². The second-order valence-electron chi connectivity index (χ2n) is 6.29. The van der Waals surface area contributed by atoms with Gasteiger partial charge in [-0.1, -0.05) is 77.0 Å². The van der Waals surface area contributed by atoms with Crippen molar-refractivity contribution in [3.63, 3.8) is 0 Å². The number of thiazole rings is 1. The number of benzene rings is 3. The lowest BCUT2D eigenvalue weighted by Crippen LogP contribution is -2.34. The minimum absolute atomic E-state index is 0.163. The number of para-hydroxylation sites is 1. The molecule has 0 unspecified atom stereocenters. The number of anilines is 1. The third kappa shape index (κ3) is 4.70. The Bertz CT molecular complexity index is 1110. The van der Waals surface area contributed by atoms with Gasteiger partial charge in [0, 0.05) is 5.02 Å². The van der Waals surface area contributed by atoms with Crippen LogP contribution in [0.15, 0.2) is 72.8 Å². The number of fused-ring (bicyclic) bond motifs is 1. The van der Waals surface area contributed by atoms with Crippen LogP contribution in [0.25, 0.3) is 10.2 Å². The molecule has 1 heterocycles. The second kappa shape index (κ2) is 8.82. The summed E-state index contributed by atoms with van der Waals surface area (Å²) in [6.07, 6.45) is 0. The van der Waals surface area contributed by atoms with Crippen molar-refractivity contribution in [1.29, 1.82) is 0 Å². The lowest BCUT2D eigenvalue weighted by atomic mass is 10.2. The lowest BCUT2D eigenvalue weighted by Gasteiger charge is -2.20. The van der Waals surface area contributed by atoms with E-state index in [-0.39, 0.29) is 12.5 Å². The molecule has 146 valence electrons. The molecule has 0 bridgehead atoms. The predicted octanol–water partition coefficient (Wildman–Crippen LogP) is 6.22. The molecular formula is C22H16Cl2N2O2S. The largest absolute Gasteiger partial charge is 0.482 e. The standard InChI is InChI=1S/C22H16Cl2N2O2S/c23-16-10-11-19(17(24)12-16)28-14-21(27)26(13-15-6-2-1-3-7-15)22-25-18-8-4-5-9-20(18)29-22/h1-12H,13-14H2. The van der Waals surface area contributed by atoms with Crippen molar-refractivity contribution < 1.29 is 9.53 Å². The Kier molecular flexibility index (Phi) is 6.00. The Morgan fingerprint density at radius 2 is 1.76 bits per heavy atom. The Balaban J connectivity index is 1.59. The van der Waals surface area contributed by atoms with E-state index in [1.807, 2.05) is 54.6 Å². The summed E-state index contributed by atoms with van der Waals surface area (Å²) in [5.41, 5.74) is 1.87. The van der Waals surface area contributed by atoms with E-state index in [2.05, 4.69) is 4.98 Å². The fraction of sp³-hybridized carbons (Fsp3) is 0.0909. The third-order valence-corrected chi connectivity index (χ3v) is 5.83. The molecule has 0 saturated carbocycles. The van der Waals surface area contributed by atoms with Crippen LogP contribution >= 0.6 is 34.5 Å². The van der Waals surface area contributed by atoms with Crippen molar-refractivity contribution in [2.45, 2.75) is 6.54 Å². The van der Waals surface area contributed by atoms with Gasteiger partial charge >= 0.3 is 0 Å². The van der Waals surface area contributed by atoms with Gasteiger partial charge in [0.05, 0.1) is 21.8 Å². The van der Waals surface area contributed by atoms with Gasteiger partial charge in [0.1, 0.15) is 5.75 Å². The summed E-state index contributed by atoms with van der Waals surface area (Å²) in [4.78, 5) is 19.4. The molecule has 0 aliphatic heterocycles. The van der Waals surface area contributed by atoms with Crippen molar-refractivity contribution in [1.82, 2.24) is 4.98 Å². The zero-order chi connectivity index (χ0) is 20.2. The summed E-state index contributed by atoms with van der Waals surface area (Å²) >= 11 is 13.5. The molecule has 0 atom stereocenters. The highest BCUT2D eigenvalue weighted by molar-refractivity contribution is 7.22. The highest BCUT2D eigenvalue weighted by Gasteiger charge is 2.21. The van der Waals surface area contributed by atoms with Crippen LogP contribution in [-0.4, -0.2) is 17.5 Å². The van der Waals surface area contributed by atoms with Crippen LogP contribution in [0.1, 0.15) is 5.56 Å². The van der Waals surface area contributed by atoms with E-state index in [1.165, 1.54) is 11.3 Å². The van der Waals surface area contributed by atoms with Crippen LogP contribution in [0, 0.1) is 0 Å². The van der Waals surface area contributed by atoms with E-state index in [4.69, 9.17) is 27.9 Å². The number of rotatable bonds is 6. The Labute approximate surface area is 182 Å². The molecule has 0 radical (unpaired) electrons. The van der Waals surface area contributed by atoms with Crippen LogP contribution in [0.4, 0.5) is 5.13 Å². The molecule has 0 saturated heterocycles. The fourth-order valence-electron chi connectivity index (χ4n) is 2.81. The lowest BCUT2D eigenvalue weighted by molar-refractivity contribution is -0.120. The van der Waals surface area contributed by atoms with Crippen LogP contribution in [-0.2, 0) is 11.3 Å². The fourth-order valence-corrected chi connectivity index (χ4v) is 4.26. The Morgan fingerprint density at radius 1 is 1.00 bits per heavy atom. The molecule has 3 aromatic carbocycles. The van der Waals surface area contributed by atoms with Gasteiger partial charge in [0.15, 0.2) is 11.7 Å². The summed E-state index contributed by atoms with van der Waals surface area (Å²) in [5.74, 6) is 0.201. The number of ether oxygens (including phenoxy) is 1. The van der Waals surface area contributed by atoms with Gasteiger partial charge in [-0.05, 0) is 35.9 Å². The number of halogens is 2. The van der Waals surface area contributed by atoms with Gasteiger partial charge in [0.2, 0.25) is 0 Å². The first-order valence-corrected chi connectivity index (χ1v) is 10.4.